The number of halogens is 1. The number of amides is 1. The van der Waals surface area contributed by atoms with Gasteiger partial charge in [0.1, 0.15) is 5.02 Å². The Labute approximate surface area is 116 Å². The van der Waals surface area contributed by atoms with Crippen LogP contribution in [-0.2, 0) is 0 Å². The summed E-state index contributed by atoms with van der Waals surface area (Å²) >= 11 is 5.81. The molecule has 9 heteroatoms. The molecule has 0 aliphatic rings. The first-order valence-corrected chi connectivity index (χ1v) is 5.67. The lowest BCUT2D eigenvalue weighted by Crippen LogP contribution is -2.16. The Hall–Kier alpha value is -2.74. The van der Waals surface area contributed by atoms with Crippen LogP contribution >= 0.6 is 11.6 Å². The zero-order valence-electron chi connectivity index (χ0n) is 9.79. The van der Waals surface area contributed by atoms with Crippen LogP contribution in [-0.4, -0.2) is 21.0 Å². The summed E-state index contributed by atoms with van der Waals surface area (Å²) in [6.45, 7) is 0. The van der Waals surface area contributed by atoms with Gasteiger partial charge in [0.15, 0.2) is 5.82 Å². The molecule has 0 spiro atoms. The van der Waals surface area contributed by atoms with Gasteiger partial charge < -0.3 is 5.32 Å². The van der Waals surface area contributed by atoms with E-state index in [2.05, 4.69) is 15.5 Å². The molecule has 0 saturated heterocycles. The number of nitrogens with zero attached hydrogens (tertiary/aromatic N) is 2. The van der Waals surface area contributed by atoms with Crippen LogP contribution in [0.2, 0.25) is 5.02 Å². The highest BCUT2D eigenvalue weighted by molar-refractivity contribution is 6.36. The van der Waals surface area contributed by atoms with E-state index in [-0.39, 0.29) is 22.1 Å². The monoisotopic (exact) mass is 294 g/mol. The van der Waals surface area contributed by atoms with Crippen LogP contribution < -0.4 is 10.9 Å². The largest absolute Gasteiger partial charge is 0.305 e. The molecule has 0 unspecified atom stereocenters. The van der Waals surface area contributed by atoms with Gasteiger partial charge in [-0.1, -0.05) is 17.7 Å². The molecule has 1 aromatic carbocycles. The number of nitro groups is 1. The number of aromatic amines is 1. The lowest BCUT2D eigenvalue weighted by Gasteiger charge is -2.05. The number of nitro benzene ring substituents is 1. The number of nitrogens with one attached hydrogen (secondary N) is 2. The zero-order valence-corrected chi connectivity index (χ0v) is 10.5. The number of hydrogen-bond acceptors (Lipinski definition) is 5. The van der Waals surface area contributed by atoms with E-state index < -0.39 is 16.4 Å². The average Bonchev–Trinajstić information content (AvgIpc) is 2.41. The summed E-state index contributed by atoms with van der Waals surface area (Å²) in [5, 5.41) is 18.6. The minimum atomic E-state index is -0.683. The Morgan fingerprint density at radius 3 is 2.70 bits per heavy atom. The topological polar surface area (TPSA) is 118 Å². The molecule has 0 aliphatic heterocycles. The molecule has 20 heavy (non-hydrogen) atoms. The van der Waals surface area contributed by atoms with Crippen molar-refractivity contribution in [1.82, 2.24) is 10.2 Å². The maximum absolute atomic E-state index is 11.9. The molecule has 1 amide bonds. The van der Waals surface area contributed by atoms with Gasteiger partial charge in [-0.2, -0.15) is 5.10 Å². The van der Waals surface area contributed by atoms with Gasteiger partial charge in [0.2, 0.25) is 0 Å². The van der Waals surface area contributed by atoms with E-state index in [0.29, 0.717) is 0 Å². The van der Waals surface area contributed by atoms with Crippen molar-refractivity contribution in [3.63, 3.8) is 0 Å². The number of anilines is 1. The SMILES string of the molecule is O=C(Nc1ccc(=O)[nH]n1)c1cccc([N+](=O)[O-])c1Cl. The lowest BCUT2D eigenvalue weighted by molar-refractivity contribution is -0.384. The van der Waals surface area contributed by atoms with Gasteiger partial charge in [0.05, 0.1) is 10.5 Å². The fourth-order valence-electron chi connectivity index (χ4n) is 1.43. The van der Waals surface area contributed by atoms with Crippen LogP contribution in [0.4, 0.5) is 11.5 Å². The van der Waals surface area contributed by atoms with Gasteiger partial charge in [-0.25, -0.2) is 5.10 Å². The Morgan fingerprint density at radius 1 is 1.35 bits per heavy atom. The molecule has 102 valence electrons. The van der Waals surface area contributed by atoms with Gasteiger partial charge in [0, 0.05) is 12.1 Å². The molecule has 1 heterocycles. The van der Waals surface area contributed by atoms with Crippen molar-refractivity contribution in [3.05, 3.63) is 61.4 Å². The lowest BCUT2D eigenvalue weighted by atomic mass is 10.2. The van der Waals surface area contributed by atoms with Crippen molar-refractivity contribution in [2.75, 3.05) is 5.32 Å². The predicted octanol–water partition coefficient (Wildman–Crippen LogP) is 1.58. The number of rotatable bonds is 3. The Balaban J connectivity index is 2.30. The molecule has 0 saturated carbocycles. The molecule has 0 fully saturated rings. The molecular weight excluding hydrogens is 288 g/mol. The third kappa shape index (κ3) is 2.81. The standard InChI is InChI=1S/C11H7ClN4O4/c12-10-6(2-1-3-7(10)16(19)20)11(18)13-8-4-5-9(17)15-14-8/h1-5H,(H,15,17)(H,13,14,18). The third-order valence-corrected chi connectivity index (χ3v) is 2.74. The van der Waals surface area contributed by atoms with Crippen LogP contribution in [0.1, 0.15) is 10.4 Å². The highest BCUT2D eigenvalue weighted by Gasteiger charge is 2.20. The maximum atomic E-state index is 11.9. The van der Waals surface area contributed by atoms with Gasteiger partial charge in [-0.05, 0) is 12.1 Å². The summed E-state index contributed by atoms with van der Waals surface area (Å²) in [6, 6.07) is 6.35. The van der Waals surface area contributed by atoms with E-state index in [1.807, 2.05) is 0 Å². The second kappa shape index (κ2) is 5.49. The van der Waals surface area contributed by atoms with Gasteiger partial charge in [-0.15, -0.1) is 0 Å². The summed E-state index contributed by atoms with van der Waals surface area (Å²) in [5.74, 6) is -0.574. The van der Waals surface area contributed by atoms with Gasteiger partial charge in [0.25, 0.3) is 17.2 Å². The second-order valence-corrected chi connectivity index (χ2v) is 4.03. The van der Waals surface area contributed by atoms with Gasteiger partial charge >= 0.3 is 0 Å². The molecule has 0 radical (unpaired) electrons. The summed E-state index contributed by atoms with van der Waals surface area (Å²) in [4.78, 5) is 32.8. The number of carbonyl (C=O) groups excluding carboxylic acids is 1. The minimum Gasteiger partial charge on any atom is -0.305 e. The van der Waals surface area contributed by atoms with E-state index in [4.69, 9.17) is 11.6 Å². The molecule has 2 aromatic rings. The quantitative estimate of drug-likeness (QED) is 0.658. The van der Waals surface area contributed by atoms with E-state index in [9.17, 15) is 19.7 Å². The van der Waals surface area contributed by atoms with Crippen molar-refractivity contribution in [2.45, 2.75) is 0 Å². The zero-order chi connectivity index (χ0) is 14.7. The first-order valence-electron chi connectivity index (χ1n) is 5.29. The fourth-order valence-corrected chi connectivity index (χ4v) is 1.71. The van der Waals surface area contributed by atoms with Crippen molar-refractivity contribution in [1.29, 1.82) is 0 Å². The second-order valence-electron chi connectivity index (χ2n) is 3.66. The van der Waals surface area contributed by atoms with Crippen molar-refractivity contribution in [2.24, 2.45) is 0 Å². The van der Waals surface area contributed by atoms with Crippen molar-refractivity contribution >= 4 is 29.0 Å². The Bertz CT molecular complexity index is 723. The minimum absolute atomic E-state index is 0.0612. The average molecular weight is 295 g/mol. The number of benzene rings is 1. The highest BCUT2D eigenvalue weighted by atomic mass is 35.5. The Morgan fingerprint density at radius 2 is 2.10 bits per heavy atom. The van der Waals surface area contributed by atoms with E-state index in [1.54, 1.807) is 0 Å². The number of carbonyl (C=O) groups is 1. The highest BCUT2D eigenvalue weighted by Crippen LogP contribution is 2.28. The summed E-state index contributed by atoms with van der Waals surface area (Å²) in [7, 11) is 0. The fraction of sp³-hybridized carbons (Fsp3) is 0. The molecule has 2 N–H and O–H groups in total. The molecule has 2 rings (SSSR count). The van der Waals surface area contributed by atoms with E-state index in [1.165, 1.54) is 30.3 Å². The molecule has 0 aliphatic carbocycles. The summed E-state index contributed by atoms with van der Waals surface area (Å²) in [6.07, 6.45) is 0. The maximum Gasteiger partial charge on any atom is 0.288 e. The van der Waals surface area contributed by atoms with E-state index >= 15 is 0 Å². The van der Waals surface area contributed by atoms with Crippen LogP contribution in [0.3, 0.4) is 0 Å². The number of hydrogen-bond donors (Lipinski definition) is 2. The summed E-state index contributed by atoms with van der Waals surface area (Å²) < 4.78 is 0. The van der Waals surface area contributed by atoms with Crippen LogP contribution in [0.5, 0.6) is 0 Å². The third-order valence-electron chi connectivity index (χ3n) is 2.34. The molecule has 1 aromatic heterocycles. The normalized spacial score (nSPS) is 10.1. The number of H-pyrrole nitrogens is 1. The van der Waals surface area contributed by atoms with Crippen molar-refractivity contribution < 1.29 is 9.72 Å². The van der Waals surface area contributed by atoms with Crippen molar-refractivity contribution in [3.8, 4) is 0 Å². The van der Waals surface area contributed by atoms with Gasteiger partial charge in [-0.3, -0.25) is 19.7 Å². The van der Waals surface area contributed by atoms with Crippen LogP contribution in [0.25, 0.3) is 0 Å². The predicted molar refractivity (Wildman–Crippen MR) is 70.9 cm³/mol. The molecular formula is C11H7ClN4O4. The Kier molecular flexibility index (Phi) is 3.76. The number of aromatic nitrogens is 2. The van der Waals surface area contributed by atoms with E-state index in [0.717, 1.165) is 0 Å². The molecule has 0 bridgehead atoms. The first kappa shape index (κ1) is 13.7. The molecule has 8 nitrogen and oxygen atoms in total. The summed E-state index contributed by atoms with van der Waals surface area (Å²) in [5.41, 5.74) is -0.848. The van der Waals surface area contributed by atoms with Crippen LogP contribution in [0.15, 0.2) is 35.1 Å². The smallest absolute Gasteiger partial charge is 0.288 e. The first-order chi connectivity index (χ1) is 9.49. The molecule has 0 atom stereocenters. The van der Waals surface area contributed by atoms with Crippen LogP contribution in [0, 0.1) is 10.1 Å².